The van der Waals surface area contributed by atoms with Gasteiger partial charge in [-0.3, -0.25) is 13.9 Å². The van der Waals surface area contributed by atoms with Crippen molar-refractivity contribution in [3.8, 4) is 0 Å². The van der Waals surface area contributed by atoms with Crippen molar-refractivity contribution in [2.24, 2.45) is 0 Å². The van der Waals surface area contributed by atoms with E-state index < -0.39 is 28.5 Å². The molecule has 43 heavy (non-hydrogen) atoms. The van der Waals surface area contributed by atoms with Gasteiger partial charge in [0.15, 0.2) is 0 Å². The zero-order valence-corrected chi connectivity index (χ0v) is 27.8. The Balaban J connectivity index is 2.06. The molecule has 0 saturated carbocycles. The second kappa shape index (κ2) is 15.1. The molecule has 0 aliphatic heterocycles. The minimum atomic E-state index is -3.86. The van der Waals surface area contributed by atoms with Crippen LogP contribution in [0.5, 0.6) is 0 Å². The number of rotatable bonds is 13. The third-order valence-corrected chi connectivity index (χ3v) is 8.88. The molecule has 3 rings (SSSR count). The van der Waals surface area contributed by atoms with Gasteiger partial charge in [-0.05, 0) is 52.8 Å². The van der Waals surface area contributed by atoms with Crippen LogP contribution in [0.1, 0.15) is 57.2 Å². The Morgan fingerprint density at radius 2 is 1.60 bits per heavy atom. The molecule has 3 aromatic carbocycles. The Morgan fingerprint density at radius 1 is 0.953 bits per heavy atom. The van der Waals surface area contributed by atoms with Gasteiger partial charge in [0.1, 0.15) is 12.6 Å². The molecular weight excluding hydrogens is 605 g/mol. The van der Waals surface area contributed by atoms with Gasteiger partial charge < -0.3 is 10.2 Å². The zero-order chi connectivity index (χ0) is 31.8. The lowest BCUT2D eigenvalue weighted by molar-refractivity contribution is -0.140. The van der Waals surface area contributed by atoms with Gasteiger partial charge in [0.05, 0.1) is 11.9 Å². The number of halogens is 2. The highest BCUT2D eigenvalue weighted by Gasteiger charge is 2.33. The van der Waals surface area contributed by atoms with Crippen LogP contribution in [-0.2, 0) is 38.0 Å². The predicted molar refractivity (Wildman–Crippen MR) is 176 cm³/mol. The van der Waals surface area contributed by atoms with Crippen LogP contribution in [0.4, 0.5) is 5.69 Å². The lowest BCUT2D eigenvalue weighted by atomic mass is 9.87. The summed E-state index contributed by atoms with van der Waals surface area (Å²) in [5.41, 5.74) is 2.70. The third kappa shape index (κ3) is 9.98. The topological polar surface area (TPSA) is 86.8 Å². The van der Waals surface area contributed by atoms with Crippen molar-refractivity contribution in [2.45, 2.75) is 65.0 Å². The summed E-state index contributed by atoms with van der Waals surface area (Å²) in [6, 6.07) is 20.6. The van der Waals surface area contributed by atoms with Gasteiger partial charge in [-0.1, -0.05) is 106 Å². The zero-order valence-electron chi connectivity index (χ0n) is 25.4. The van der Waals surface area contributed by atoms with Crippen molar-refractivity contribution in [3.05, 3.63) is 99.5 Å². The van der Waals surface area contributed by atoms with Crippen LogP contribution in [0.15, 0.2) is 72.8 Å². The minimum absolute atomic E-state index is 0.0197. The molecule has 0 bridgehead atoms. The van der Waals surface area contributed by atoms with E-state index in [-0.39, 0.29) is 24.3 Å². The summed E-state index contributed by atoms with van der Waals surface area (Å²) in [5.74, 6) is -0.862. The maximum Gasteiger partial charge on any atom is 0.244 e. The molecule has 0 aromatic heterocycles. The van der Waals surface area contributed by atoms with E-state index in [0.717, 1.165) is 34.5 Å². The van der Waals surface area contributed by atoms with Crippen LogP contribution < -0.4 is 9.62 Å². The molecule has 0 aliphatic rings. The van der Waals surface area contributed by atoms with Crippen molar-refractivity contribution < 1.29 is 18.0 Å². The second-order valence-electron chi connectivity index (χ2n) is 11.7. The average molecular weight is 647 g/mol. The normalized spacial score (nSPS) is 12.4. The Kier molecular flexibility index (Phi) is 12.1. The maximum absolute atomic E-state index is 14.2. The van der Waals surface area contributed by atoms with Gasteiger partial charge in [-0.15, -0.1) is 0 Å². The number of unbranched alkanes of at least 4 members (excludes halogenated alkanes) is 1. The van der Waals surface area contributed by atoms with Gasteiger partial charge in [-0.25, -0.2) is 8.42 Å². The van der Waals surface area contributed by atoms with E-state index in [4.69, 9.17) is 23.2 Å². The number of anilines is 1. The van der Waals surface area contributed by atoms with E-state index in [1.165, 1.54) is 4.90 Å². The van der Waals surface area contributed by atoms with Crippen LogP contribution in [0.25, 0.3) is 0 Å². The molecule has 2 amide bonds. The van der Waals surface area contributed by atoms with Crippen LogP contribution >= 0.6 is 23.2 Å². The molecule has 0 saturated heterocycles. The van der Waals surface area contributed by atoms with E-state index in [1.807, 2.05) is 49.4 Å². The minimum Gasteiger partial charge on any atom is -0.354 e. The molecule has 1 N–H and O–H groups in total. The first-order chi connectivity index (χ1) is 20.2. The highest BCUT2D eigenvalue weighted by Crippen LogP contribution is 2.27. The number of benzene rings is 3. The standard InChI is InChI=1S/C33H41Cl2N3O4S/c1-6-7-19-36-32(40)30(20-24-11-9-8-10-12-24)37(22-25-13-16-27(34)21-29(25)35)31(39)23-38(43(5,41)42)28-17-14-26(15-18-28)33(2,3)4/h8-18,21,30H,6-7,19-20,22-23H2,1-5H3,(H,36,40)/t30-/m0/s1. The van der Waals surface area contributed by atoms with E-state index in [1.54, 1.807) is 30.3 Å². The molecule has 0 spiro atoms. The third-order valence-electron chi connectivity index (χ3n) is 7.16. The van der Waals surface area contributed by atoms with Crippen molar-refractivity contribution in [2.75, 3.05) is 23.7 Å². The van der Waals surface area contributed by atoms with E-state index in [9.17, 15) is 18.0 Å². The number of amides is 2. The molecule has 232 valence electrons. The van der Waals surface area contributed by atoms with Crippen LogP contribution in [0.2, 0.25) is 10.0 Å². The molecule has 0 unspecified atom stereocenters. The van der Waals surface area contributed by atoms with Crippen molar-refractivity contribution in [3.63, 3.8) is 0 Å². The fourth-order valence-electron chi connectivity index (χ4n) is 4.63. The molecule has 7 nitrogen and oxygen atoms in total. The Bertz CT molecular complexity index is 1490. The lowest BCUT2D eigenvalue weighted by Crippen LogP contribution is -2.53. The molecular formula is C33H41Cl2N3O4S. The first-order valence-electron chi connectivity index (χ1n) is 14.3. The molecule has 0 aliphatic carbocycles. The van der Waals surface area contributed by atoms with Crippen molar-refractivity contribution in [1.29, 1.82) is 0 Å². The second-order valence-corrected chi connectivity index (χ2v) is 14.4. The van der Waals surface area contributed by atoms with E-state index >= 15 is 0 Å². The molecule has 0 radical (unpaired) electrons. The summed E-state index contributed by atoms with van der Waals surface area (Å²) in [4.78, 5) is 29.3. The number of carbonyl (C=O) groups excluding carboxylic acids is 2. The molecule has 3 aromatic rings. The fourth-order valence-corrected chi connectivity index (χ4v) is 5.95. The quantitative estimate of drug-likeness (QED) is 0.212. The highest BCUT2D eigenvalue weighted by atomic mass is 35.5. The summed E-state index contributed by atoms with van der Waals surface area (Å²) in [7, 11) is -3.86. The smallest absolute Gasteiger partial charge is 0.244 e. The van der Waals surface area contributed by atoms with Crippen molar-refractivity contribution in [1.82, 2.24) is 10.2 Å². The number of hydrogen-bond donors (Lipinski definition) is 1. The molecule has 10 heteroatoms. The van der Waals surface area contributed by atoms with Crippen LogP contribution in [0, 0.1) is 0 Å². The predicted octanol–water partition coefficient (Wildman–Crippen LogP) is 6.61. The van der Waals surface area contributed by atoms with Gasteiger partial charge in [0.2, 0.25) is 21.8 Å². The number of nitrogens with zero attached hydrogens (tertiary/aromatic N) is 2. The summed E-state index contributed by atoms with van der Waals surface area (Å²) >= 11 is 12.7. The number of hydrogen-bond acceptors (Lipinski definition) is 4. The van der Waals surface area contributed by atoms with Gasteiger partial charge in [0, 0.05) is 29.6 Å². The van der Waals surface area contributed by atoms with E-state index in [0.29, 0.717) is 27.8 Å². The summed E-state index contributed by atoms with van der Waals surface area (Å²) < 4.78 is 27.1. The first kappa shape index (κ1) is 34.4. The Morgan fingerprint density at radius 3 is 2.16 bits per heavy atom. The largest absolute Gasteiger partial charge is 0.354 e. The number of nitrogens with one attached hydrogen (secondary N) is 1. The van der Waals surface area contributed by atoms with Crippen LogP contribution in [-0.4, -0.2) is 50.5 Å². The van der Waals surface area contributed by atoms with Crippen LogP contribution in [0.3, 0.4) is 0 Å². The average Bonchev–Trinajstić information content (AvgIpc) is 2.94. The summed E-state index contributed by atoms with van der Waals surface area (Å²) in [5, 5.41) is 3.74. The highest BCUT2D eigenvalue weighted by molar-refractivity contribution is 7.92. The molecule has 1 atom stereocenters. The molecule has 0 heterocycles. The SMILES string of the molecule is CCCCNC(=O)[C@H](Cc1ccccc1)N(Cc1ccc(Cl)cc1Cl)C(=O)CN(c1ccc(C(C)(C)C)cc1)S(C)(=O)=O. The number of sulfonamides is 1. The number of carbonyl (C=O) groups is 2. The first-order valence-corrected chi connectivity index (χ1v) is 16.9. The molecule has 0 fully saturated rings. The van der Waals surface area contributed by atoms with E-state index in [2.05, 4.69) is 26.1 Å². The van der Waals surface area contributed by atoms with Gasteiger partial charge in [0.25, 0.3) is 0 Å². The van der Waals surface area contributed by atoms with Crippen molar-refractivity contribution >= 4 is 50.7 Å². The summed E-state index contributed by atoms with van der Waals surface area (Å²) in [6.07, 6.45) is 2.98. The fraction of sp³-hybridized carbons (Fsp3) is 0.394. The lowest BCUT2D eigenvalue weighted by Gasteiger charge is -2.34. The maximum atomic E-state index is 14.2. The Hall–Kier alpha value is -3.07. The summed E-state index contributed by atoms with van der Waals surface area (Å²) in [6.45, 7) is 8.18. The Labute approximate surface area is 266 Å². The monoisotopic (exact) mass is 645 g/mol. The van der Waals surface area contributed by atoms with Gasteiger partial charge in [-0.2, -0.15) is 0 Å². The van der Waals surface area contributed by atoms with Gasteiger partial charge >= 0.3 is 0 Å².